The molecule has 1 amide bonds. The van der Waals surface area contributed by atoms with Gasteiger partial charge in [0, 0.05) is 33.2 Å². The summed E-state index contributed by atoms with van der Waals surface area (Å²) in [5, 5.41) is 9.18. The topological polar surface area (TPSA) is 78.0 Å². The van der Waals surface area contributed by atoms with Crippen LogP contribution in [-0.4, -0.2) is 68.9 Å². The Kier molecular flexibility index (Phi) is 12.2. The number of ether oxygens (including phenoxy) is 1. The summed E-state index contributed by atoms with van der Waals surface area (Å²) in [6.45, 7) is 10.9. The normalized spacial score (nSPS) is 16.1. The van der Waals surface area contributed by atoms with E-state index in [2.05, 4.69) is 25.8 Å². The second-order valence-corrected chi connectivity index (χ2v) is 6.76. The molecule has 0 aromatic carbocycles. The van der Waals surface area contributed by atoms with E-state index in [0.29, 0.717) is 13.1 Å². The zero-order valence-corrected chi connectivity index (χ0v) is 17.8. The minimum absolute atomic E-state index is 0. The highest BCUT2D eigenvalue weighted by atomic mass is 127. The maximum Gasteiger partial charge on any atom is 0.407 e. The molecule has 1 rings (SSSR count). The first kappa shape index (κ1) is 23.2. The Bertz CT molecular complexity index is 379. The smallest absolute Gasteiger partial charge is 0.407 e. The summed E-state index contributed by atoms with van der Waals surface area (Å²) in [5.41, 5.74) is -0.469. The number of hydrogen-bond acceptors (Lipinski definition) is 4. The van der Waals surface area contributed by atoms with Crippen LogP contribution in [0.3, 0.4) is 0 Å². The highest BCUT2D eigenvalue weighted by Gasteiger charge is 2.15. The Morgan fingerprint density at radius 2 is 1.62 bits per heavy atom. The summed E-state index contributed by atoms with van der Waals surface area (Å²) in [5.74, 6) is 0.757. The van der Waals surface area contributed by atoms with Crippen LogP contribution in [0, 0.1) is 0 Å². The molecule has 0 aromatic rings. The third kappa shape index (κ3) is 11.7. The number of carbonyl (C=O) groups is 1. The molecule has 24 heavy (non-hydrogen) atoms. The summed E-state index contributed by atoms with van der Waals surface area (Å²) in [4.78, 5) is 18.2. The number of guanidine groups is 1. The number of nitrogens with zero attached hydrogens (tertiary/aromatic N) is 2. The highest BCUT2D eigenvalue weighted by Crippen LogP contribution is 2.07. The number of aliphatic imine (C=N–C) groups is 1. The molecule has 0 radical (unpaired) electrons. The van der Waals surface area contributed by atoms with Gasteiger partial charge in [-0.1, -0.05) is 6.42 Å². The lowest BCUT2D eigenvalue weighted by atomic mass is 10.1. The fraction of sp³-hybridized carbons (Fsp3) is 0.875. The molecule has 0 bridgehead atoms. The fourth-order valence-corrected chi connectivity index (χ4v) is 2.40. The zero-order valence-electron chi connectivity index (χ0n) is 15.5. The number of alkyl carbamates (subject to hydrolysis) is 1. The van der Waals surface area contributed by atoms with Crippen LogP contribution in [0.2, 0.25) is 0 Å². The largest absolute Gasteiger partial charge is 0.444 e. The van der Waals surface area contributed by atoms with Crippen LogP contribution in [0.25, 0.3) is 0 Å². The number of amides is 1. The van der Waals surface area contributed by atoms with E-state index < -0.39 is 11.7 Å². The monoisotopic (exact) mass is 455 g/mol. The number of hydrogen-bond donors (Lipinski definition) is 3. The molecule has 1 aliphatic heterocycles. The van der Waals surface area contributed by atoms with Gasteiger partial charge in [-0.25, -0.2) is 4.79 Å². The fourth-order valence-electron chi connectivity index (χ4n) is 2.40. The molecular weight excluding hydrogens is 421 g/mol. The summed E-state index contributed by atoms with van der Waals surface area (Å²) >= 11 is 0. The minimum Gasteiger partial charge on any atom is -0.444 e. The van der Waals surface area contributed by atoms with E-state index in [1.807, 2.05) is 20.8 Å². The Balaban J connectivity index is 0.00000529. The molecule has 142 valence electrons. The lowest BCUT2D eigenvalue weighted by molar-refractivity contribution is 0.0529. The van der Waals surface area contributed by atoms with Crippen molar-refractivity contribution < 1.29 is 9.53 Å². The van der Waals surface area contributed by atoms with Crippen molar-refractivity contribution in [3.63, 3.8) is 0 Å². The Labute approximate surface area is 163 Å². The number of likely N-dealkylation sites (tertiary alicyclic amines) is 1. The van der Waals surface area contributed by atoms with Gasteiger partial charge in [-0.05, 0) is 46.7 Å². The molecule has 1 aliphatic rings. The minimum atomic E-state index is -0.469. The van der Waals surface area contributed by atoms with E-state index in [-0.39, 0.29) is 24.0 Å². The van der Waals surface area contributed by atoms with Gasteiger partial charge >= 0.3 is 6.09 Å². The van der Waals surface area contributed by atoms with Crippen LogP contribution in [0.15, 0.2) is 4.99 Å². The number of carbonyl (C=O) groups excluding carboxylic acids is 1. The predicted molar refractivity (Wildman–Crippen MR) is 109 cm³/mol. The van der Waals surface area contributed by atoms with Crippen LogP contribution < -0.4 is 16.0 Å². The lowest BCUT2D eigenvalue weighted by Crippen LogP contribution is -2.45. The van der Waals surface area contributed by atoms with Gasteiger partial charge < -0.3 is 25.6 Å². The maximum atomic E-state index is 11.5. The van der Waals surface area contributed by atoms with Gasteiger partial charge in [0.25, 0.3) is 0 Å². The summed E-state index contributed by atoms with van der Waals surface area (Å²) in [6, 6.07) is 0. The van der Waals surface area contributed by atoms with Gasteiger partial charge in [0.2, 0.25) is 0 Å². The maximum absolute atomic E-state index is 11.5. The van der Waals surface area contributed by atoms with Crippen molar-refractivity contribution in [2.45, 2.75) is 45.6 Å². The molecule has 0 atom stereocenters. The molecule has 0 saturated carbocycles. The predicted octanol–water partition coefficient (Wildman–Crippen LogP) is 1.78. The molecule has 0 aromatic heterocycles. The Hall–Kier alpha value is -0.770. The first-order valence-corrected chi connectivity index (χ1v) is 8.54. The molecule has 0 aliphatic carbocycles. The van der Waals surface area contributed by atoms with Crippen molar-refractivity contribution in [2.24, 2.45) is 4.99 Å². The van der Waals surface area contributed by atoms with Crippen molar-refractivity contribution in [1.82, 2.24) is 20.9 Å². The highest BCUT2D eigenvalue weighted by molar-refractivity contribution is 14.0. The Morgan fingerprint density at radius 3 is 2.21 bits per heavy atom. The number of piperidine rings is 1. The van der Waals surface area contributed by atoms with Gasteiger partial charge in [0.05, 0.1) is 0 Å². The van der Waals surface area contributed by atoms with E-state index >= 15 is 0 Å². The third-order valence-electron chi connectivity index (χ3n) is 3.48. The molecule has 8 heteroatoms. The molecular formula is C16H34IN5O2. The molecule has 1 saturated heterocycles. The van der Waals surface area contributed by atoms with Crippen molar-refractivity contribution in [3.05, 3.63) is 0 Å². The van der Waals surface area contributed by atoms with Gasteiger partial charge in [0.15, 0.2) is 5.96 Å². The second kappa shape index (κ2) is 12.6. The number of nitrogens with one attached hydrogen (secondary N) is 3. The zero-order chi connectivity index (χ0) is 17.1. The van der Waals surface area contributed by atoms with Crippen LogP contribution in [0.5, 0.6) is 0 Å². The molecule has 3 N–H and O–H groups in total. The van der Waals surface area contributed by atoms with E-state index in [9.17, 15) is 4.79 Å². The van der Waals surface area contributed by atoms with Crippen LogP contribution >= 0.6 is 24.0 Å². The van der Waals surface area contributed by atoms with Gasteiger partial charge in [-0.15, -0.1) is 24.0 Å². The average molecular weight is 455 g/mol. The van der Waals surface area contributed by atoms with E-state index in [1.54, 1.807) is 7.05 Å². The quantitative estimate of drug-likeness (QED) is 0.246. The lowest BCUT2D eigenvalue weighted by Gasteiger charge is -2.26. The van der Waals surface area contributed by atoms with E-state index in [1.165, 1.54) is 32.4 Å². The summed E-state index contributed by atoms with van der Waals surface area (Å²) in [6.07, 6.45) is 3.58. The first-order chi connectivity index (χ1) is 10.9. The molecule has 0 spiro atoms. The number of rotatable bonds is 6. The van der Waals surface area contributed by atoms with Crippen LogP contribution in [0.4, 0.5) is 4.79 Å². The SMILES string of the molecule is CN=C(NCCNC(=O)OC(C)(C)C)NCCN1CCCCC1.I. The second-order valence-electron chi connectivity index (χ2n) is 6.76. The van der Waals surface area contributed by atoms with Gasteiger partial charge in [0.1, 0.15) is 5.60 Å². The summed E-state index contributed by atoms with van der Waals surface area (Å²) in [7, 11) is 1.75. The molecule has 1 heterocycles. The molecule has 0 unspecified atom stereocenters. The van der Waals surface area contributed by atoms with E-state index in [4.69, 9.17) is 4.74 Å². The van der Waals surface area contributed by atoms with Gasteiger partial charge in [-0.2, -0.15) is 0 Å². The van der Waals surface area contributed by atoms with Crippen LogP contribution in [-0.2, 0) is 4.74 Å². The van der Waals surface area contributed by atoms with Crippen molar-refractivity contribution in [2.75, 3.05) is 46.3 Å². The molecule has 1 fully saturated rings. The van der Waals surface area contributed by atoms with Crippen molar-refractivity contribution >= 4 is 36.0 Å². The van der Waals surface area contributed by atoms with Crippen LogP contribution in [0.1, 0.15) is 40.0 Å². The summed E-state index contributed by atoms with van der Waals surface area (Å²) < 4.78 is 5.17. The van der Waals surface area contributed by atoms with Gasteiger partial charge in [-0.3, -0.25) is 4.99 Å². The average Bonchev–Trinajstić information content (AvgIpc) is 2.49. The molecule has 7 nitrogen and oxygen atoms in total. The third-order valence-corrected chi connectivity index (χ3v) is 3.48. The number of halogens is 1. The first-order valence-electron chi connectivity index (χ1n) is 8.54. The standard InChI is InChI=1S/C16H33N5O2.HI/c1-16(2,3)23-15(22)20-9-8-18-14(17-4)19-10-13-21-11-6-5-7-12-21;/h5-13H2,1-4H3,(H,20,22)(H2,17,18,19);1H. The van der Waals surface area contributed by atoms with Crippen molar-refractivity contribution in [3.8, 4) is 0 Å². The Morgan fingerprint density at radius 1 is 1.04 bits per heavy atom. The van der Waals surface area contributed by atoms with Crippen molar-refractivity contribution in [1.29, 1.82) is 0 Å². The van der Waals surface area contributed by atoms with E-state index in [0.717, 1.165) is 19.0 Å².